The Morgan fingerprint density at radius 3 is 2.95 bits per heavy atom. The lowest BCUT2D eigenvalue weighted by Gasteiger charge is -2.18. The molecule has 1 fully saturated rings. The summed E-state index contributed by atoms with van der Waals surface area (Å²) in [5.74, 6) is -0.270. The summed E-state index contributed by atoms with van der Waals surface area (Å²) in [6.45, 7) is 0.264. The first-order valence-electron chi connectivity index (χ1n) is 6.63. The zero-order chi connectivity index (χ0) is 14.6. The minimum Gasteiger partial charge on any atom is -0.469 e. The highest BCUT2D eigenvalue weighted by Crippen LogP contribution is 2.31. The van der Waals surface area contributed by atoms with Crippen molar-refractivity contribution in [1.29, 1.82) is 0 Å². The second-order valence-corrected chi connectivity index (χ2v) is 6.85. The van der Waals surface area contributed by atoms with Gasteiger partial charge in [-0.15, -0.1) is 0 Å². The number of hydrogen-bond acceptors (Lipinski definition) is 5. The van der Waals surface area contributed by atoms with Gasteiger partial charge in [0.2, 0.25) is 10.0 Å². The molecule has 7 heteroatoms. The minimum atomic E-state index is -3.51. The zero-order valence-electron chi connectivity index (χ0n) is 11.4. The van der Waals surface area contributed by atoms with Gasteiger partial charge in [-0.1, -0.05) is 6.42 Å². The van der Waals surface area contributed by atoms with Gasteiger partial charge in [0.05, 0.1) is 24.5 Å². The van der Waals surface area contributed by atoms with Crippen molar-refractivity contribution >= 4 is 16.0 Å². The summed E-state index contributed by atoms with van der Waals surface area (Å²) in [7, 11) is -2.22. The summed E-state index contributed by atoms with van der Waals surface area (Å²) in [4.78, 5) is 11.6. The van der Waals surface area contributed by atoms with Gasteiger partial charge in [0, 0.05) is 13.0 Å². The van der Waals surface area contributed by atoms with Gasteiger partial charge >= 0.3 is 5.97 Å². The molecule has 2 rings (SSSR count). The second-order valence-electron chi connectivity index (χ2n) is 4.87. The van der Waals surface area contributed by atoms with Crippen LogP contribution < -0.4 is 4.72 Å². The van der Waals surface area contributed by atoms with E-state index in [-0.39, 0.29) is 6.54 Å². The van der Waals surface area contributed by atoms with Gasteiger partial charge in [-0.05, 0) is 25.0 Å². The molecule has 1 aromatic heterocycles. The number of carbonyl (C=O) groups excluding carboxylic acids is 1. The van der Waals surface area contributed by atoms with Crippen LogP contribution in [0.2, 0.25) is 0 Å². The highest BCUT2D eigenvalue weighted by Gasteiger charge is 2.41. The van der Waals surface area contributed by atoms with Gasteiger partial charge in [-0.2, -0.15) is 0 Å². The summed E-state index contributed by atoms with van der Waals surface area (Å²) < 4.78 is 36.9. The first-order chi connectivity index (χ1) is 9.54. The molecular formula is C13H19NO5S. The third-order valence-corrected chi connectivity index (χ3v) is 5.58. The quantitative estimate of drug-likeness (QED) is 0.795. The van der Waals surface area contributed by atoms with E-state index in [0.29, 0.717) is 19.3 Å². The molecule has 1 N–H and O–H groups in total. The Morgan fingerprint density at radius 2 is 2.30 bits per heavy atom. The standard InChI is InChI=1S/C13H19NO5S/c1-18-13(15)11-5-2-6-12(11)20(16,17)14-8-7-10-4-3-9-19-10/h3-4,9,11-12,14H,2,5-8H2,1H3. The molecule has 1 aliphatic carbocycles. The van der Waals surface area contributed by atoms with Gasteiger partial charge in [0.15, 0.2) is 0 Å². The van der Waals surface area contributed by atoms with E-state index in [9.17, 15) is 13.2 Å². The molecule has 1 aliphatic rings. The summed E-state index contributed by atoms with van der Waals surface area (Å²) in [5, 5.41) is -0.688. The lowest BCUT2D eigenvalue weighted by atomic mass is 10.1. The van der Waals surface area contributed by atoms with Gasteiger partial charge < -0.3 is 9.15 Å². The number of ether oxygens (including phenoxy) is 1. The first kappa shape index (κ1) is 15.1. The maximum atomic E-state index is 12.2. The SMILES string of the molecule is COC(=O)C1CCCC1S(=O)(=O)NCCc1ccco1. The normalized spacial score (nSPS) is 22.9. The van der Waals surface area contributed by atoms with Crippen LogP contribution >= 0.6 is 0 Å². The van der Waals surface area contributed by atoms with E-state index in [4.69, 9.17) is 4.42 Å². The van der Waals surface area contributed by atoms with E-state index >= 15 is 0 Å². The number of sulfonamides is 1. The van der Waals surface area contributed by atoms with Crippen LogP contribution in [-0.2, 0) is 26.0 Å². The Hall–Kier alpha value is -1.34. The van der Waals surface area contributed by atoms with Crippen LogP contribution in [0.3, 0.4) is 0 Å². The van der Waals surface area contributed by atoms with Crippen LogP contribution in [-0.4, -0.2) is 33.3 Å². The Labute approximate surface area is 118 Å². The van der Waals surface area contributed by atoms with Gasteiger partial charge in [-0.3, -0.25) is 4.79 Å². The van der Waals surface area contributed by atoms with Crippen molar-refractivity contribution in [2.75, 3.05) is 13.7 Å². The Balaban J connectivity index is 1.93. The smallest absolute Gasteiger partial charge is 0.310 e. The molecule has 2 unspecified atom stereocenters. The summed E-state index contributed by atoms with van der Waals surface area (Å²) in [5.41, 5.74) is 0. The molecule has 0 aliphatic heterocycles. The predicted molar refractivity (Wildman–Crippen MR) is 72.5 cm³/mol. The van der Waals surface area contributed by atoms with Crippen molar-refractivity contribution in [3.63, 3.8) is 0 Å². The largest absolute Gasteiger partial charge is 0.469 e. The van der Waals surface area contributed by atoms with E-state index in [0.717, 1.165) is 12.2 Å². The Bertz CT molecular complexity index is 537. The average Bonchev–Trinajstić information content (AvgIpc) is 3.08. The number of methoxy groups -OCH3 is 1. The van der Waals surface area contributed by atoms with Gasteiger partial charge in [-0.25, -0.2) is 13.1 Å². The van der Waals surface area contributed by atoms with Crippen LogP contribution in [0.25, 0.3) is 0 Å². The molecule has 0 aromatic carbocycles. The first-order valence-corrected chi connectivity index (χ1v) is 8.18. The van der Waals surface area contributed by atoms with E-state index in [1.165, 1.54) is 7.11 Å². The van der Waals surface area contributed by atoms with E-state index in [1.807, 2.05) is 0 Å². The highest BCUT2D eigenvalue weighted by molar-refractivity contribution is 7.90. The second kappa shape index (κ2) is 6.41. The number of esters is 1. The van der Waals surface area contributed by atoms with Gasteiger partial charge in [0.1, 0.15) is 5.76 Å². The molecule has 1 saturated carbocycles. The molecule has 1 aromatic rings. The van der Waals surface area contributed by atoms with Crippen LogP contribution in [0.4, 0.5) is 0 Å². The fraction of sp³-hybridized carbons (Fsp3) is 0.615. The third-order valence-electron chi connectivity index (χ3n) is 3.61. The van der Waals surface area contributed by atoms with Crippen LogP contribution in [0.15, 0.2) is 22.8 Å². The summed E-state index contributed by atoms with van der Waals surface area (Å²) in [6.07, 6.45) is 3.83. The fourth-order valence-corrected chi connectivity index (χ4v) is 4.35. The fourth-order valence-electron chi connectivity index (χ4n) is 2.60. The zero-order valence-corrected chi connectivity index (χ0v) is 12.2. The number of rotatable bonds is 6. The highest BCUT2D eigenvalue weighted by atomic mass is 32.2. The average molecular weight is 301 g/mol. The molecule has 0 saturated heterocycles. The number of nitrogens with one attached hydrogen (secondary N) is 1. The van der Waals surface area contributed by atoms with Crippen molar-refractivity contribution < 1.29 is 22.4 Å². The maximum Gasteiger partial charge on any atom is 0.310 e. The molecule has 1 heterocycles. The summed E-state index contributed by atoms with van der Waals surface area (Å²) >= 11 is 0. The Morgan fingerprint density at radius 1 is 1.50 bits per heavy atom. The van der Waals surface area contributed by atoms with Crippen molar-refractivity contribution in [2.45, 2.75) is 30.9 Å². The van der Waals surface area contributed by atoms with Crippen LogP contribution in [0, 0.1) is 5.92 Å². The molecule has 2 atom stereocenters. The molecule has 0 spiro atoms. The monoisotopic (exact) mass is 301 g/mol. The Kier molecular flexibility index (Phi) is 4.82. The van der Waals surface area contributed by atoms with E-state index < -0.39 is 27.2 Å². The maximum absolute atomic E-state index is 12.2. The molecule has 6 nitrogen and oxygen atoms in total. The lowest BCUT2D eigenvalue weighted by Crippen LogP contribution is -2.40. The van der Waals surface area contributed by atoms with Crippen molar-refractivity contribution in [3.8, 4) is 0 Å². The van der Waals surface area contributed by atoms with E-state index in [2.05, 4.69) is 9.46 Å². The van der Waals surface area contributed by atoms with Crippen LogP contribution in [0.5, 0.6) is 0 Å². The molecule has 0 amide bonds. The molecular weight excluding hydrogens is 282 g/mol. The number of carbonyl (C=O) groups is 1. The molecule has 0 bridgehead atoms. The van der Waals surface area contributed by atoms with Crippen LogP contribution in [0.1, 0.15) is 25.0 Å². The summed E-state index contributed by atoms with van der Waals surface area (Å²) in [6, 6.07) is 3.55. The lowest BCUT2D eigenvalue weighted by molar-refractivity contribution is -0.145. The molecule has 112 valence electrons. The third kappa shape index (κ3) is 3.40. The number of hydrogen-bond donors (Lipinski definition) is 1. The van der Waals surface area contributed by atoms with Crippen molar-refractivity contribution in [1.82, 2.24) is 4.72 Å². The topological polar surface area (TPSA) is 85.6 Å². The van der Waals surface area contributed by atoms with Crippen molar-refractivity contribution in [3.05, 3.63) is 24.2 Å². The predicted octanol–water partition coefficient (Wildman–Crippen LogP) is 1.08. The number of furan rings is 1. The molecule has 0 radical (unpaired) electrons. The van der Waals surface area contributed by atoms with Gasteiger partial charge in [0.25, 0.3) is 0 Å². The minimum absolute atomic E-state index is 0.264. The molecule has 20 heavy (non-hydrogen) atoms. The van der Waals surface area contributed by atoms with Crippen molar-refractivity contribution in [2.24, 2.45) is 5.92 Å². The van der Waals surface area contributed by atoms with E-state index in [1.54, 1.807) is 18.4 Å².